The molecule has 0 aliphatic carbocycles. The number of nitrogens with zero attached hydrogens (tertiary/aromatic N) is 2. The van der Waals surface area contributed by atoms with Crippen molar-refractivity contribution < 1.29 is 9.59 Å². The van der Waals surface area contributed by atoms with Crippen LogP contribution in [0.5, 0.6) is 0 Å². The van der Waals surface area contributed by atoms with E-state index in [0.717, 1.165) is 10.4 Å². The standard InChI is InChI=1S/C16H13ClN4O3S/c17-10-3-1-9(2-4-10)12-7-11-14(25-12)15(23)21(8-19-11)6-5-13(22)20-16(18)24/h1-4,7-8H,5-6H2,(H3,18,20,22,24). The molecule has 7 nitrogen and oxygen atoms in total. The quantitative estimate of drug-likeness (QED) is 0.728. The van der Waals surface area contributed by atoms with Gasteiger partial charge < -0.3 is 5.73 Å². The van der Waals surface area contributed by atoms with E-state index >= 15 is 0 Å². The molecule has 0 aliphatic heterocycles. The van der Waals surface area contributed by atoms with E-state index in [1.807, 2.05) is 23.5 Å². The Hall–Kier alpha value is -2.71. The molecule has 3 rings (SSSR count). The molecule has 0 spiro atoms. The maximum Gasteiger partial charge on any atom is 0.318 e. The molecule has 0 radical (unpaired) electrons. The number of urea groups is 1. The molecule has 128 valence electrons. The number of nitrogens with one attached hydrogen (secondary N) is 1. The minimum Gasteiger partial charge on any atom is -0.351 e. The van der Waals surface area contributed by atoms with E-state index in [9.17, 15) is 14.4 Å². The molecule has 2 heterocycles. The average molecular weight is 377 g/mol. The largest absolute Gasteiger partial charge is 0.351 e. The summed E-state index contributed by atoms with van der Waals surface area (Å²) in [5.74, 6) is -0.549. The van der Waals surface area contributed by atoms with E-state index in [-0.39, 0.29) is 18.5 Å². The van der Waals surface area contributed by atoms with Gasteiger partial charge in [0.15, 0.2) is 0 Å². The predicted molar refractivity (Wildman–Crippen MR) is 96.7 cm³/mol. The third-order valence-electron chi connectivity index (χ3n) is 3.47. The highest BCUT2D eigenvalue weighted by Gasteiger charge is 2.12. The smallest absolute Gasteiger partial charge is 0.318 e. The van der Waals surface area contributed by atoms with Gasteiger partial charge in [0, 0.05) is 22.9 Å². The fourth-order valence-electron chi connectivity index (χ4n) is 2.28. The van der Waals surface area contributed by atoms with Gasteiger partial charge in [-0.25, -0.2) is 9.78 Å². The van der Waals surface area contributed by atoms with Gasteiger partial charge in [-0.05, 0) is 23.8 Å². The second kappa shape index (κ2) is 7.04. The molecular weight excluding hydrogens is 364 g/mol. The third-order valence-corrected chi connectivity index (χ3v) is 4.89. The molecule has 0 atom stereocenters. The third kappa shape index (κ3) is 3.86. The Bertz CT molecular complexity index is 1010. The molecule has 3 N–H and O–H groups in total. The monoisotopic (exact) mass is 376 g/mol. The van der Waals surface area contributed by atoms with Crippen molar-refractivity contribution in [2.45, 2.75) is 13.0 Å². The van der Waals surface area contributed by atoms with Crippen LogP contribution in [0.4, 0.5) is 4.79 Å². The van der Waals surface area contributed by atoms with Crippen LogP contribution in [0.1, 0.15) is 6.42 Å². The van der Waals surface area contributed by atoms with E-state index in [2.05, 4.69) is 4.98 Å². The van der Waals surface area contributed by atoms with Gasteiger partial charge in [0.25, 0.3) is 5.56 Å². The lowest BCUT2D eigenvalue weighted by Gasteiger charge is -2.04. The highest BCUT2D eigenvalue weighted by atomic mass is 35.5. The molecule has 1 aromatic carbocycles. The highest BCUT2D eigenvalue weighted by Crippen LogP contribution is 2.31. The lowest BCUT2D eigenvalue weighted by atomic mass is 10.2. The Labute approximate surface area is 151 Å². The molecule has 9 heteroatoms. The molecule has 0 aliphatic rings. The maximum atomic E-state index is 12.6. The lowest BCUT2D eigenvalue weighted by Crippen LogP contribution is -2.36. The number of hydrogen-bond acceptors (Lipinski definition) is 5. The van der Waals surface area contributed by atoms with Crippen LogP contribution in [0.15, 0.2) is 41.5 Å². The van der Waals surface area contributed by atoms with Gasteiger partial charge in [0.05, 0.1) is 11.8 Å². The Morgan fingerprint density at radius 3 is 2.68 bits per heavy atom. The number of imide groups is 1. The van der Waals surface area contributed by atoms with Crippen LogP contribution in [0.2, 0.25) is 5.02 Å². The van der Waals surface area contributed by atoms with E-state index in [1.165, 1.54) is 22.2 Å². The first-order valence-electron chi connectivity index (χ1n) is 7.28. The Morgan fingerprint density at radius 2 is 2.00 bits per heavy atom. The summed E-state index contributed by atoms with van der Waals surface area (Å²) >= 11 is 7.22. The minimum absolute atomic E-state index is 0.0501. The molecule has 0 unspecified atom stereocenters. The van der Waals surface area contributed by atoms with E-state index in [4.69, 9.17) is 17.3 Å². The average Bonchev–Trinajstić information content (AvgIpc) is 2.99. The molecule has 25 heavy (non-hydrogen) atoms. The second-order valence-corrected chi connectivity index (χ2v) is 6.73. The summed E-state index contributed by atoms with van der Waals surface area (Å²) in [5.41, 5.74) is 6.18. The lowest BCUT2D eigenvalue weighted by molar-refractivity contribution is -0.120. The van der Waals surface area contributed by atoms with Crippen molar-refractivity contribution in [3.05, 3.63) is 52.0 Å². The molecule has 3 amide bonds. The van der Waals surface area contributed by atoms with Crippen LogP contribution >= 0.6 is 22.9 Å². The van der Waals surface area contributed by atoms with Gasteiger partial charge in [-0.15, -0.1) is 11.3 Å². The summed E-state index contributed by atoms with van der Waals surface area (Å²) in [7, 11) is 0. The zero-order chi connectivity index (χ0) is 18.0. The number of nitrogens with two attached hydrogens (primary N) is 1. The first kappa shape index (κ1) is 17.1. The van der Waals surface area contributed by atoms with Gasteiger partial charge in [0.1, 0.15) is 4.70 Å². The molecule has 2 aromatic heterocycles. The van der Waals surface area contributed by atoms with Crippen LogP contribution in [-0.2, 0) is 11.3 Å². The van der Waals surface area contributed by atoms with Crippen LogP contribution in [0.3, 0.4) is 0 Å². The molecule has 0 saturated heterocycles. The summed E-state index contributed by atoms with van der Waals surface area (Å²) in [6, 6.07) is 8.24. The van der Waals surface area contributed by atoms with E-state index in [1.54, 1.807) is 12.1 Å². The SMILES string of the molecule is NC(=O)NC(=O)CCn1cnc2cc(-c3ccc(Cl)cc3)sc2c1=O. The van der Waals surface area contributed by atoms with Crippen molar-refractivity contribution in [1.29, 1.82) is 0 Å². The predicted octanol–water partition coefficient (Wildman–Crippen LogP) is 2.36. The van der Waals surface area contributed by atoms with Gasteiger partial charge in [0.2, 0.25) is 5.91 Å². The molecule has 0 saturated carbocycles. The van der Waals surface area contributed by atoms with Crippen LogP contribution < -0.4 is 16.6 Å². The highest BCUT2D eigenvalue weighted by molar-refractivity contribution is 7.22. The topological polar surface area (TPSA) is 107 Å². The first-order valence-corrected chi connectivity index (χ1v) is 8.47. The number of thiophene rings is 1. The van der Waals surface area contributed by atoms with Crippen LogP contribution in [0, 0.1) is 0 Å². The number of benzene rings is 1. The normalized spacial score (nSPS) is 10.8. The first-order chi connectivity index (χ1) is 11.9. The Kier molecular flexibility index (Phi) is 4.82. The molecule has 0 fully saturated rings. The Balaban J connectivity index is 1.87. The summed E-state index contributed by atoms with van der Waals surface area (Å²) in [6.45, 7) is 0.106. The van der Waals surface area contributed by atoms with Gasteiger partial charge in [-0.1, -0.05) is 23.7 Å². The maximum absolute atomic E-state index is 12.6. The van der Waals surface area contributed by atoms with Crippen molar-refractivity contribution in [3.8, 4) is 10.4 Å². The number of fused-ring (bicyclic) bond motifs is 1. The summed E-state index contributed by atoms with van der Waals surface area (Å²) < 4.78 is 1.84. The molecule has 0 bridgehead atoms. The molecule has 3 aromatic rings. The number of primary amides is 1. The van der Waals surface area contributed by atoms with Crippen molar-refractivity contribution in [3.63, 3.8) is 0 Å². The number of aromatic nitrogens is 2. The summed E-state index contributed by atoms with van der Waals surface area (Å²) in [4.78, 5) is 39.8. The van der Waals surface area contributed by atoms with Gasteiger partial charge >= 0.3 is 6.03 Å². The van der Waals surface area contributed by atoms with Crippen LogP contribution in [-0.4, -0.2) is 21.5 Å². The summed E-state index contributed by atoms with van der Waals surface area (Å²) in [6.07, 6.45) is 1.34. The number of halogens is 1. The number of carbonyl (C=O) groups is 2. The van der Waals surface area contributed by atoms with E-state index in [0.29, 0.717) is 15.2 Å². The number of amides is 3. The Morgan fingerprint density at radius 1 is 1.28 bits per heavy atom. The minimum atomic E-state index is -0.920. The van der Waals surface area contributed by atoms with Crippen LogP contribution in [0.25, 0.3) is 20.7 Å². The number of hydrogen-bond donors (Lipinski definition) is 2. The number of carbonyl (C=O) groups excluding carboxylic acids is 2. The second-order valence-electron chi connectivity index (χ2n) is 5.24. The fourth-order valence-corrected chi connectivity index (χ4v) is 3.47. The van der Waals surface area contributed by atoms with Crippen molar-refractivity contribution in [1.82, 2.24) is 14.9 Å². The van der Waals surface area contributed by atoms with Crippen molar-refractivity contribution in [2.75, 3.05) is 0 Å². The molecular formula is C16H13ClN4O3S. The van der Waals surface area contributed by atoms with Crippen molar-refractivity contribution in [2.24, 2.45) is 5.73 Å². The number of rotatable bonds is 4. The van der Waals surface area contributed by atoms with E-state index < -0.39 is 11.9 Å². The van der Waals surface area contributed by atoms with Crippen molar-refractivity contribution >= 4 is 45.1 Å². The fraction of sp³-hybridized carbons (Fsp3) is 0.125. The zero-order valence-corrected chi connectivity index (χ0v) is 14.4. The summed E-state index contributed by atoms with van der Waals surface area (Å²) in [5, 5.41) is 2.59. The van der Waals surface area contributed by atoms with Gasteiger partial charge in [-0.2, -0.15) is 0 Å². The zero-order valence-electron chi connectivity index (χ0n) is 12.9. The number of aryl methyl sites for hydroxylation is 1. The van der Waals surface area contributed by atoms with Gasteiger partial charge in [-0.3, -0.25) is 19.5 Å².